The summed E-state index contributed by atoms with van der Waals surface area (Å²) in [6.45, 7) is 17.4. The summed E-state index contributed by atoms with van der Waals surface area (Å²) >= 11 is -0.106. The summed E-state index contributed by atoms with van der Waals surface area (Å²) in [5.74, 6) is 0. The van der Waals surface area contributed by atoms with Crippen molar-refractivity contribution in [2.24, 2.45) is 0 Å². The topological polar surface area (TPSA) is 0 Å². The second-order valence-electron chi connectivity index (χ2n) is 7.07. The van der Waals surface area contributed by atoms with Crippen LogP contribution in [0.15, 0.2) is 24.3 Å². The second kappa shape index (κ2) is 23.7. The van der Waals surface area contributed by atoms with Crippen LogP contribution in [0, 0.1) is 0 Å². The van der Waals surface area contributed by atoms with Crippen LogP contribution in [-0.2, 0) is 15.9 Å². The molecule has 0 N–H and O–H groups in total. The molecule has 0 rings (SSSR count). The van der Waals surface area contributed by atoms with Crippen LogP contribution in [0.1, 0.15) is 55.4 Å². The molecule has 0 aliphatic carbocycles. The monoisotopic (exact) mass is 556 g/mol. The van der Waals surface area contributed by atoms with Crippen molar-refractivity contribution in [3.05, 3.63) is 24.3 Å². The van der Waals surface area contributed by atoms with Crippen molar-refractivity contribution < 1.29 is 24.7 Å². The molecule has 7 heteroatoms. The maximum absolute atomic E-state index is 11.8. The third kappa shape index (κ3) is 23.6. The molecule has 0 aromatic heterocycles. The minimum atomic E-state index is -0.320. The van der Waals surface area contributed by atoms with Crippen molar-refractivity contribution in [3.63, 3.8) is 0 Å². The van der Waals surface area contributed by atoms with Gasteiger partial charge in [0.2, 0.25) is 0 Å². The van der Waals surface area contributed by atoms with Crippen LogP contribution in [0.5, 0.6) is 0 Å². The summed E-state index contributed by atoms with van der Waals surface area (Å²) < 4.78 is 23.5. The predicted octanol–water partition coefficient (Wildman–Crippen LogP) is 9.00. The third-order valence-corrected chi connectivity index (χ3v) is 10.4. The van der Waals surface area contributed by atoms with E-state index in [1.165, 1.54) is 0 Å². The molecule has 0 spiro atoms. The van der Waals surface area contributed by atoms with Crippen LogP contribution in [0.25, 0.3) is 0 Å². The molecule has 0 bridgehead atoms. The first-order valence-corrected chi connectivity index (χ1v) is 16.7. The molecule has 27 heavy (non-hydrogen) atoms. The minimum absolute atomic E-state index is 0.0563. The van der Waals surface area contributed by atoms with E-state index in [0.717, 1.165) is 35.0 Å². The predicted molar refractivity (Wildman–Crippen MR) is 126 cm³/mol. The summed E-state index contributed by atoms with van der Waals surface area (Å²) in [5.41, 5.74) is 3.02. The fourth-order valence-corrected chi connectivity index (χ4v) is 7.41. The van der Waals surface area contributed by atoms with Gasteiger partial charge >= 0.3 is 35.0 Å². The van der Waals surface area contributed by atoms with Gasteiger partial charge in [0.25, 0.3) is 0 Å². The van der Waals surface area contributed by atoms with E-state index in [4.69, 9.17) is 19.1 Å². The van der Waals surface area contributed by atoms with E-state index in [-0.39, 0.29) is 45.1 Å². The number of alkyl halides is 2. The standard InChI is InChI=1S/2C10H20FP.2ClH.Pd/c2*1-9(2)12(10(3)4)8-6-5-7-11;;;/h2*5-6,9-10H,7-8H2,1-4H3;2*1H;/q;;;;+2/p-2. The van der Waals surface area contributed by atoms with Crippen molar-refractivity contribution in [3.8, 4) is 0 Å². The fourth-order valence-electron chi connectivity index (χ4n) is 2.55. The first-order chi connectivity index (χ1) is 12.6. The summed E-state index contributed by atoms with van der Waals surface area (Å²) in [5, 5.41) is 0. The molecule has 0 unspecified atom stereocenters. The summed E-state index contributed by atoms with van der Waals surface area (Å²) in [6.07, 6.45) is 9.39. The van der Waals surface area contributed by atoms with E-state index in [1.807, 2.05) is 12.2 Å². The van der Waals surface area contributed by atoms with Gasteiger partial charge in [-0.15, -0.1) is 0 Å². The van der Waals surface area contributed by atoms with E-state index in [2.05, 4.69) is 55.4 Å². The normalized spacial score (nSPS) is 12.1. The van der Waals surface area contributed by atoms with Gasteiger partial charge < -0.3 is 0 Å². The molecule has 0 radical (unpaired) electrons. The van der Waals surface area contributed by atoms with Gasteiger partial charge in [-0.2, -0.15) is 0 Å². The van der Waals surface area contributed by atoms with Crippen molar-refractivity contribution in [1.29, 1.82) is 0 Å². The molecule has 168 valence electrons. The first kappa shape index (κ1) is 33.1. The van der Waals surface area contributed by atoms with Crippen molar-refractivity contribution in [1.82, 2.24) is 0 Å². The van der Waals surface area contributed by atoms with E-state index < -0.39 is 0 Å². The van der Waals surface area contributed by atoms with Crippen LogP contribution in [-0.4, -0.2) is 48.3 Å². The van der Waals surface area contributed by atoms with Crippen molar-refractivity contribution in [2.75, 3.05) is 25.7 Å². The zero-order chi connectivity index (χ0) is 21.8. The zero-order valence-electron chi connectivity index (χ0n) is 18.2. The van der Waals surface area contributed by atoms with E-state index >= 15 is 0 Å². The van der Waals surface area contributed by atoms with Gasteiger partial charge in [0, 0.05) is 0 Å². The van der Waals surface area contributed by atoms with Gasteiger partial charge in [-0.3, -0.25) is 0 Å². The molecule has 0 nitrogen and oxygen atoms in total. The fraction of sp³-hybridized carbons (Fsp3) is 0.800. The van der Waals surface area contributed by atoms with Gasteiger partial charge in [0.15, 0.2) is 0 Å². The molecule has 0 aliphatic rings. The van der Waals surface area contributed by atoms with Gasteiger partial charge in [-0.25, -0.2) is 8.78 Å². The van der Waals surface area contributed by atoms with Crippen molar-refractivity contribution >= 4 is 34.9 Å². The second-order valence-corrected chi connectivity index (χ2v) is 16.3. The van der Waals surface area contributed by atoms with Gasteiger partial charge in [0.1, 0.15) is 13.3 Å². The maximum atomic E-state index is 11.8. The summed E-state index contributed by atoms with van der Waals surface area (Å²) in [7, 11) is 9.74. The number of hydrogen-bond acceptors (Lipinski definition) is 0. The Balaban J connectivity index is -0.000000372. The van der Waals surface area contributed by atoms with Gasteiger partial charge in [0.05, 0.1) is 0 Å². The van der Waals surface area contributed by atoms with E-state index in [0.29, 0.717) is 0 Å². The molecule has 0 fully saturated rings. The molecule has 0 aromatic carbocycles. The number of allylic oxidation sites excluding steroid dienone is 4. The molecule has 0 saturated carbocycles. The van der Waals surface area contributed by atoms with Crippen LogP contribution in [0.4, 0.5) is 8.78 Å². The Morgan fingerprint density at radius 2 is 0.852 bits per heavy atom. The number of rotatable bonds is 10. The van der Waals surface area contributed by atoms with Crippen LogP contribution >= 0.6 is 34.9 Å². The van der Waals surface area contributed by atoms with Gasteiger partial charge in [-0.05, 0) is 35.0 Å². The van der Waals surface area contributed by atoms with Crippen molar-refractivity contribution in [2.45, 2.75) is 78.0 Å². The average Bonchev–Trinajstić information content (AvgIpc) is 2.55. The van der Waals surface area contributed by atoms with Crippen LogP contribution in [0.2, 0.25) is 0 Å². The number of hydrogen-bond donors (Lipinski definition) is 0. The van der Waals surface area contributed by atoms with E-state index in [9.17, 15) is 8.78 Å². The third-order valence-electron chi connectivity index (χ3n) is 3.80. The molecule has 0 heterocycles. The van der Waals surface area contributed by atoms with Crippen LogP contribution in [0.3, 0.4) is 0 Å². The van der Waals surface area contributed by atoms with Gasteiger partial charge in [-0.1, -0.05) is 95.5 Å². The zero-order valence-corrected chi connectivity index (χ0v) is 23.0. The molecule has 0 atom stereocenters. The van der Waals surface area contributed by atoms with E-state index in [1.54, 1.807) is 12.2 Å². The molecule has 0 amide bonds. The summed E-state index contributed by atoms with van der Waals surface area (Å²) in [6, 6.07) is 0. The quantitative estimate of drug-likeness (QED) is 0.143. The Morgan fingerprint density at radius 3 is 1.00 bits per heavy atom. The Labute approximate surface area is 186 Å². The molecule has 0 saturated heterocycles. The Hall–Kier alpha value is 1.44. The SMILES string of the molecule is CC(C)P(CC=CCF)C(C)C.CC(C)P(CC=CCF)C(C)C.[Cl][Pd][Cl]. The molecule has 0 aliphatic heterocycles. The molecular formula is C20H40Cl2F2P2Pd. The number of halogens is 4. The molecule has 0 aromatic rings. The van der Waals surface area contributed by atoms with Crippen LogP contribution < -0.4 is 0 Å². The molecular weight excluding hydrogens is 517 g/mol. The Morgan fingerprint density at radius 1 is 0.630 bits per heavy atom. The summed E-state index contributed by atoms with van der Waals surface area (Å²) in [4.78, 5) is 0. The average molecular weight is 558 g/mol. The Kier molecular flexibility index (Phi) is 29.1. The first-order valence-electron chi connectivity index (χ1n) is 9.36. The Bertz CT molecular complexity index is 305.